The van der Waals surface area contributed by atoms with Crippen LogP contribution < -0.4 is 0 Å². The van der Waals surface area contributed by atoms with E-state index in [0.29, 0.717) is 6.42 Å². The molecule has 4 rings (SSSR count). The van der Waals surface area contributed by atoms with Crippen molar-refractivity contribution in [2.45, 2.75) is 44.5 Å². The van der Waals surface area contributed by atoms with Crippen LogP contribution >= 0.6 is 0 Å². The van der Waals surface area contributed by atoms with E-state index < -0.39 is 23.7 Å². The topological polar surface area (TPSA) is 80.9 Å². The van der Waals surface area contributed by atoms with Crippen molar-refractivity contribution in [3.05, 3.63) is 35.4 Å². The standard InChI is InChI=1S/C18H22O4/c1-18-7-6-12-11-5-3-10(19)8-9(11)2-4-13(12)14(18)15(20)16(21)17(18)22/h3,5-6,8,13-17,19-22H,2,4,7H2,1H3/t13-,14-,15-,16-,17+,18+/m1/s1. The normalized spacial score (nSPS) is 43.1. The van der Waals surface area contributed by atoms with Gasteiger partial charge in [0.1, 0.15) is 11.9 Å². The van der Waals surface area contributed by atoms with Gasteiger partial charge < -0.3 is 20.4 Å². The van der Waals surface area contributed by atoms with Crippen LogP contribution in [0.4, 0.5) is 0 Å². The van der Waals surface area contributed by atoms with E-state index in [1.54, 1.807) is 6.07 Å². The first kappa shape index (κ1) is 14.2. The molecule has 22 heavy (non-hydrogen) atoms. The minimum absolute atomic E-state index is 0.126. The number of hydrogen-bond donors (Lipinski definition) is 4. The Morgan fingerprint density at radius 1 is 1.14 bits per heavy atom. The SMILES string of the molecule is C[C@]12CC=C3c4ccc(O)cc4CC[C@H]3[C@@H]1[C@@H](O)[C@@H](O)[C@@H]2O. The van der Waals surface area contributed by atoms with E-state index in [-0.39, 0.29) is 17.6 Å². The van der Waals surface area contributed by atoms with E-state index in [2.05, 4.69) is 6.08 Å². The first-order chi connectivity index (χ1) is 10.4. The van der Waals surface area contributed by atoms with Gasteiger partial charge >= 0.3 is 0 Å². The Kier molecular flexibility index (Phi) is 2.96. The molecule has 6 atom stereocenters. The summed E-state index contributed by atoms with van der Waals surface area (Å²) < 4.78 is 0. The largest absolute Gasteiger partial charge is 0.508 e. The van der Waals surface area contributed by atoms with Crippen molar-refractivity contribution in [1.29, 1.82) is 0 Å². The molecule has 0 aromatic heterocycles. The van der Waals surface area contributed by atoms with E-state index in [9.17, 15) is 20.4 Å². The van der Waals surface area contributed by atoms with Crippen LogP contribution in [0.2, 0.25) is 0 Å². The fourth-order valence-electron chi connectivity index (χ4n) is 5.03. The number of aromatic hydroxyl groups is 1. The molecule has 1 aromatic rings. The van der Waals surface area contributed by atoms with Crippen LogP contribution in [-0.4, -0.2) is 38.7 Å². The smallest absolute Gasteiger partial charge is 0.115 e. The number of fused-ring (bicyclic) bond motifs is 5. The summed E-state index contributed by atoms with van der Waals surface area (Å²) in [5.41, 5.74) is 3.00. The van der Waals surface area contributed by atoms with Gasteiger partial charge in [-0.2, -0.15) is 0 Å². The van der Waals surface area contributed by atoms with Crippen molar-refractivity contribution in [1.82, 2.24) is 0 Å². The van der Waals surface area contributed by atoms with Gasteiger partial charge in [0.15, 0.2) is 0 Å². The molecule has 4 nitrogen and oxygen atoms in total. The Hall–Kier alpha value is -1.36. The van der Waals surface area contributed by atoms with Crippen molar-refractivity contribution in [2.24, 2.45) is 17.3 Å². The Morgan fingerprint density at radius 2 is 1.91 bits per heavy atom. The zero-order valence-corrected chi connectivity index (χ0v) is 12.6. The van der Waals surface area contributed by atoms with Gasteiger partial charge in [-0.05, 0) is 54.0 Å². The quantitative estimate of drug-likeness (QED) is 0.585. The third kappa shape index (κ3) is 1.69. The second kappa shape index (κ2) is 4.57. The van der Waals surface area contributed by atoms with Crippen LogP contribution in [-0.2, 0) is 6.42 Å². The zero-order valence-electron chi connectivity index (χ0n) is 12.6. The highest BCUT2D eigenvalue weighted by molar-refractivity contribution is 5.74. The molecule has 0 saturated heterocycles. The minimum atomic E-state index is -1.07. The molecule has 0 unspecified atom stereocenters. The second-order valence-electron chi connectivity index (χ2n) is 7.31. The zero-order chi connectivity index (χ0) is 15.6. The van der Waals surface area contributed by atoms with Crippen LogP contribution in [0.1, 0.15) is 30.9 Å². The van der Waals surface area contributed by atoms with E-state index in [1.807, 2.05) is 19.1 Å². The van der Waals surface area contributed by atoms with Gasteiger partial charge in [-0.1, -0.05) is 19.1 Å². The van der Waals surface area contributed by atoms with Gasteiger partial charge in [0, 0.05) is 11.3 Å². The molecule has 1 fully saturated rings. The van der Waals surface area contributed by atoms with Crippen molar-refractivity contribution in [3.63, 3.8) is 0 Å². The predicted molar refractivity (Wildman–Crippen MR) is 82.1 cm³/mol. The van der Waals surface area contributed by atoms with Crippen molar-refractivity contribution in [3.8, 4) is 5.75 Å². The third-order valence-electron chi connectivity index (χ3n) is 6.20. The van der Waals surface area contributed by atoms with E-state index in [0.717, 1.165) is 24.0 Å². The van der Waals surface area contributed by atoms with Gasteiger partial charge in [0.05, 0.1) is 12.2 Å². The molecule has 3 aliphatic carbocycles. The monoisotopic (exact) mass is 302 g/mol. The first-order valence-corrected chi connectivity index (χ1v) is 8.00. The number of aryl methyl sites for hydroxylation is 1. The number of benzene rings is 1. The number of aliphatic hydroxyl groups excluding tert-OH is 3. The summed E-state index contributed by atoms with van der Waals surface area (Å²) in [4.78, 5) is 0. The highest BCUT2D eigenvalue weighted by Crippen LogP contribution is 2.58. The molecule has 3 aliphatic rings. The van der Waals surface area contributed by atoms with Crippen molar-refractivity contribution >= 4 is 5.57 Å². The second-order valence-corrected chi connectivity index (χ2v) is 7.31. The highest BCUT2D eigenvalue weighted by atomic mass is 16.4. The van der Waals surface area contributed by atoms with Gasteiger partial charge in [-0.3, -0.25) is 0 Å². The number of phenolic OH excluding ortho intramolecular Hbond substituents is 1. The Morgan fingerprint density at radius 3 is 2.68 bits per heavy atom. The maximum Gasteiger partial charge on any atom is 0.115 e. The van der Waals surface area contributed by atoms with Crippen LogP contribution in [0.15, 0.2) is 24.3 Å². The van der Waals surface area contributed by atoms with Crippen LogP contribution in [0.25, 0.3) is 5.57 Å². The molecule has 0 aliphatic heterocycles. The molecule has 4 heteroatoms. The van der Waals surface area contributed by atoms with Crippen molar-refractivity contribution < 1.29 is 20.4 Å². The Balaban J connectivity index is 1.81. The third-order valence-corrected chi connectivity index (χ3v) is 6.20. The van der Waals surface area contributed by atoms with E-state index >= 15 is 0 Å². The fourth-order valence-corrected chi connectivity index (χ4v) is 5.03. The van der Waals surface area contributed by atoms with Crippen LogP contribution in [0, 0.1) is 17.3 Å². The average Bonchev–Trinajstić information content (AvgIpc) is 2.68. The van der Waals surface area contributed by atoms with Gasteiger partial charge in [0.25, 0.3) is 0 Å². The van der Waals surface area contributed by atoms with E-state index in [4.69, 9.17) is 0 Å². The minimum Gasteiger partial charge on any atom is -0.508 e. The summed E-state index contributed by atoms with van der Waals surface area (Å²) in [5.74, 6) is 0.308. The summed E-state index contributed by atoms with van der Waals surface area (Å²) >= 11 is 0. The molecular formula is C18H22O4. The first-order valence-electron chi connectivity index (χ1n) is 8.00. The lowest BCUT2D eigenvalue weighted by molar-refractivity contribution is -0.0400. The average molecular weight is 302 g/mol. The number of hydrogen-bond acceptors (Lipinski definition) is 4. The summed E-state index contributed by atoms with van der Waals surface area (Å²) in [7, 11) is 0. The van der Waals surface area contributed by atoms with Gasteiger partial charge in [-0.15, -0.1) is 0 Å². The molecule has 0 radical (unpaired) electrons. The van der Waals surface area contributed by atoms with Crippen LogP contribution in [0.5, 0.6) is 5.75 Å². The molecule has 0 spiro atoms. The highest BCUT2D eigenvalue weighted by Gasteiger charge is 2.60. The molecule has 0 bridgehead atoms. The molecule has 4 N–H and O–H groups in total. The van der Waals surface area contributed by atoms with Crippen LogP contribution in [0.3, 0.4) is 0 Å². The predicted octanol–water partition coefficient (Wildman–Crippen LogP) is 1.46. The molecule has 118 valence electrons. The lowest BCUT2D eigenvalue weighted by Crippen LogP contribution is -2.42. The molecule has 0 amide bonds. The maximum atomic E-state index is 10.5. The Bertz CT molecular complexity index is 652. The number of phenols is 1. The summed E-state index contributed by atoms with van der Waals surface area (Å²) in [6.45, 7) is 1.97. The number of rotatable bonds is 0. The summed E-state index contributed by atoms with van der Waals surface area (Å²) in [5, 5.41) is 40.6. The maximum absolute atomic E-state index is 10.5. The summed E-state index contributed by atoms with van der Waals surface area (Å²) in [6, 6.07) is 5.46. The van der Waals surface area contributed by atoms with E-state index in [1.165, 1.54) is 5.57 Å². The number of aliphatic hydroxyl groups is 3. The Labute approximate surface area is 129 Å². The van der Waals surface area contributed by atoms with Gasteiger partial charge in [-0.25, -0.2) is 0 Å². The fraction of sp³-hybridized carbons (Fsp3) is 0.556. The molecule has 0 heterocycles. The number of allylic oxidation sites excluding steroid dienone is 2. The van der Waals surface area contributed by atoms with Gasteiger partial charge in [0.2, 0.25) is 0 Å². The molecule has 1 saturated carbocycles. The molecule has 1 aromatic carbocycles. The van der Waals surface area contributed by atoms with Crippen molar-refractivity contribution in [2.75, 3.05) is 0 Å². The molecular weight excluding hydrogens is 280 g/mol. The summed E-state index contributed by atoms with van der Waals surface area (Å²) in [6.07, 6.45) is 1.70. The lowest BCUT2D eigenvalue weighted by Gasteiger charge is -2.45. The lowest BCUT2D eigenvalue weighted by atomic mass is 9.59.